The van der Waals surface area contributed by atoms with Gasteiger partial charge in [0.1, 0.15) is 0 Å². The van der Waals surface area contributed by atoms with Crippen LogP contribution in [0.15, 0.2) is 122 Å². The second-order valence-electron chi connectivity index (χ2n) is 8.62. The molecule has 5 heterocycles. The Kier molecular flexibility index (Phi) is 4.40. The fourth-order valence-corrected chi connectivity index (χ4v) is 4.36. The zero-order valence-corrected chi connectivity index (χ0v) is 18.8. The molecule has 4 heteroatoms. The molecule has 0 unspecified atom stereocenters. The lowest BCUT2D eigenvalue weighted by Gasteiger charge is -2.13. The molecule has 6 rings (SSSR count). The summed E-state index contributed by atoms with van der Waals surface area (Å²) in [5.74, 6) is 0. The summed E-state index contributed by atoms with van der Waals surface area (Å²) < 4.78 is 0. The van der Waals surface area contributed by atoms with Gasteiger partial charge in [0.15, 0.2) is 0 Å². The largest absolute Gasteiger partial charge is 0.249 e. The van der Waals surface area contributed by atoms with Gasteiger partial charge in [-0.2, -0.15) is 0 Å². The molecule has 0 N–H and O–H groups in total. The maximum atomic E-state index is 4.96. The van der Waals surface area contributed by atoms with Crippen molar-refractivity contribution >= 4 is 28.4 Å². The number of rotatable bonds is 1. The summed E-state index contributed by atoms with van der Waals surface area (Å²) in [5.41, 5.74) is 13.3. The molecule has 5 aliphatic heterocycles. The van der Waals surface area contributed by atoms with Crippen LogP contribution in [0.3, 0.4) is 0 Å². The summed E-state index contributed by atoms with van der Waals surface area (Å²) in [6.45, 7) is 6.52. The van der Waals surface area contributed by atoms with Crippen LogP contribution in [0.2, 0.25) is 0 Å². The Bertz CT molecular complexity index is 1500. The third-order valence-corrected chi connectivity index (χ3v) is 6.39. The Balaban J connectivity index is 1.52. The van der Waals surface area contributed by atoms with Crippen LogP contribution < -0.4 is 0 Å². The van der Waals surface area contributed by atoms with Gasteiger partial charge in [-0.15, -0.1) is 0 Å². The quantitative estimate of drug-likeness (QED) is 0.526. The Morgan fingerprint density at radius 1 is 0.485 bits per heavy atom. The summed E-state index contributed by atoms with van der Waals surface area (Å²) in [7, 11) is 0. The lowest BCUT2D eigenvalue weighted by Crippen LogP contribution is -1.96. The van der Waals surface area contributed by atoms with Crippen LogP contribution >= 0.6 is 0 Å². The molecular formula is C29H22N4. The molecule has 0 atom stereocenters. The number of benzene rings is 1. The van der Waals surface area contributed by atoms with Gasteiger partial charge in [0.2, 0.25) is 0 Å². The number of nitrogens with zero attached hydrogens (tertiary/aromatic N) is 4. The molecule has 0 aromatic heterocycles. The van der Waals surface area contributed by atoms with E-state index in [9.17, 15) is 0 Å². The van der Waals surface area contributed by atoms with Gasteiger partial charge in [0.05, 0.1) is 45.6 Å². The van der Waals surface area contributed by atoms with Gasteiger partial charge in [-0.05, 0) is 110 Å². The zero-order chi connectivity index (χ0) is 22.5. The fourth-order valence-electron chi connectivity index (χ4n) is 4.36. The number of aliphatic imine (C=N–C) groups is 4. The second-order valence-corrected chi connectivity index (χ2v) is 8.62. The van der Waals surface area contributed by atoms with Crippen LogP contribution in [0.5, 0.6) is 0 Å². The first-order chi connectivity index (χ1) is 16.0. The van der Waals surface area contributed by atoms with Crippen molar-refractivity contribution in [2.24, 2.45) is 20.0 Å². The lowest BCUT2D eigenvalue weighted by molar-refractivity contribution is 1.25. The molecule has 1 aromatic carbocycles. The van der Waals surface area contributed by atoms with Gasteiger partial charge in [-0.25, -0.2) is 20.0 Å². The van der Waals surface area contributed by atoms with Crippen molar-refractivity contribution in [1.29, 1.82) is 0 Å². The highest BCUT2D eigenvalue weighted by Gasteiger charge is 2.20. The third-order valence-electron chi connectivity index (χ3n) is 6.39. The van der Waals surface area contributed by atoms with Crippen LogP contribution in [0.4, 0.5) is 0 Å². The van der Waals surface area contributed by atoms with Crippen molar-refractivity contribution in [2.75, 3.05) is 0 Å². The van der Waals surface area contributed by atoms with E-state index in [1.165, 1.54) is 22.3 Å². The molecule has 0 fully saturated rings. The van der Waals surface area contributed by atoms with Crippen LogP contribution in [-0.2, 0) is 0 Å². The molecule has 1 aromatic rings. The van der Waals surface area contributed by atoms with Crippen molar-refractivity contribution < 1.29 is 0 Å². The summed E-state index contributed by atoms with van der Waals surface area (Å²) in [6, 6.07) is 4.38. The number of aryl methyl sites for hydroxylation is 1. The van der Waals surface area contributed by atoms with E-state index in [1.807, 2.05) is 54.7 Å². The van der Waals surface area contributed by atoms with Crippen LogP contribution in [0.1, 0.15) is 22.3 Å². The van der Waals surface area contributed by atoms with Gasteiger partial charge in [0, 0.05) is 5.57 Å². The van der Waals surface area contributed by atoms with E-state index in [4.69, 9.17) is 15.0 Å². The standard InChI is InChI=1S/C29H22N4/c1-17-4-11-27(19(3)18(17)2)28-15-26-14-24-8-7-22(31-24)12-20-5-6-21(30-20)13-23-9-10-25(32-23)16-29(28)33-26/h4-16H,1-3H3. The van der Waals surface area contributed by atoms with Crippen molar-refractivity contribution in [3.8, 4) is 0 Å². The monoisotopic (exact) mass is 426 g/mol. The Labute approximate surface area is 193 Å². The van der Waals surface area contributed by atoms with E-state index in [0.29, 0.717) is 0 Å². The van der Waals surface area contributed by atoms with E-state index < -0.39 is 0 Å². The number of allylic oxidation sites excluding steroid dienone is 12. The number of hydrogen-bond donors (Lipinski definition) is 0. The second kappa shape index (κ2) is 7.45. The molecule has 8 bridgehead atoms. The maximum Gasteiger partial charge on any atom is 0.0737 e. The highest BCUT2D eigenvalue weighted by atomic mass is 14.8. The summed E-state index contributed by atoms with van der Waals surface area (Å²) in [4.78, 5) is 19.2. The Morgan fingerprint density at radius 2 is 1.03 bits per heavy atom. The number of hydrogen-bond acceptors (Lipinski definition) is 4. The highest BCUT2D eigenvalue weighted by molar-refractivity contribution is 6.19. The van der Waals surface area contributed by atoms with Gasteiger partial charge >= 0.3 is 0 Å². The maximum absolute atomic E-state index is 4.96. The average molecular weight is 427 g/mol. The van der Waals surface area contributed by atoms with Gasteiger partial charge in [0.25, 0.3) is 0 Å². The molecule has 0 saturated carbocycles. The van der Waals surface area contributed by atoms with E-state index in [2.05, 4.69) is 50.0 Å². The smallest absolute Gasteiger partial charge is 0.0737 e. The summed E-state index contributed by atoms with van der Waals surface area (Å²) in [5, 5.41) is 0. The van der Waals surface area contributed by atoms with Gasteiger partial charge in [-0.3, -0.25) is 0 Å². The minimum atomic E-state index is 0.882. The van der Waals surface area contributed by atoms with Crippen LogP contribution in [0.25, 0.3) is 5.57 Å². The molecule has 33 heavy (non-hydrogen) atoms. The van der Waals surface area contributed by atoms with Crippen molar-refractivity contribution in [1.82, 2.24) is 0 Å². The molecule has 0 radical (unpaired) electrons. The minimum absolute atomic E-state index is 0.882. The molecular weight excluding hydrogens is 404 g/mol. The Morgan fingerprint density at radius 3 is 1.64 bits per heavy atom. The van der Waals surface area contributed by atoms with Crippen molar-refractivity contribution in [2.45, 2.75) is 20.8 Å². The zero-order valence-electron chi connectivity index (χ0n) is 18.8. The van der Waals surface area contributed by atoms with Gasteiger partial charge in [-0.1, -0.05) is 12.1 Å². The molecule has 5 aliphatic rings. The third kappa shape index (κ3) is 3.60. The van der Waals surface area contributed by atoms with Gasteiger partial charge < -0.3 is 0 Å². The van der Waals surface area contributed by atoms with E-state index in [1.54, 1.807) is 0 Å². The van der Waals surface area contributed by atoms with Crippen LogP contribution in [0, 0.1) is 20.8 Å². The molecule has 158 valence electrons. The van der Waals surface area contributed by atoms with E-state index in [-0.39, 0.29) is 0 Å². The fraction of sp³-hybridized carbons (Fsp3) is 0.103. The van der Waals surface area contributed by atoms with Crippen molar-refractivity contribution in [3.05, 3.63) is 124 Å². The molecule has 4 nitrogen and oxygen atoms in total. The molecule has 0 aliphatic carbocycles. The first kappa shape index (κ1) is 19.5. The Hall–Kier alpha value is -4.18. The predicted octanol–water partition coefficient (Wildman–Crippen LogP) is 6.03. The molecule has 0 spiro atoms. The normalized spacial score (nSPS) is 20.0. The summed E-state index contributed by atoms with van der Waals surface area (Å²) >= 11 is 0. The first-order valence-electron chi connectivity index (χ1n) is 11.1. The minimum Gasteiger partial charge on any atom is -0.249 e. The molecule has 0 saturated heterocycles. The van der Waals surface area contributed by atoms with E-state index >= 15 is 0 Å². The topological polar surface area (TPSA) is 49.4 Å². The molecule has 0 amide bonds. The predicted molar refractivity (Wildman–Crippen MR) is 138 cm³/mol. The average Bonchev–Trinajstić information content (AvgIpc) is 3.58. The lowest BCUT2D eigenvalue weighted by atomic mass is 9.92. The number of fused-ring (bicyclic) bond motifs is 4. The highest BCUT2D eigenvalue weighted by Crippen LogP contribution is 2.34. The van der Waals surface area contributed by atoms with Crippen LogP contribution in [-0.4, -0.2) is 22.8 Å². The van der Waals surface area contributed by atoms with Crippen molar-refractivity contribution in [3.63, 3.8) is 0 Å². The first-order valence-corrected chi connectivity index (χ1v) is 11.1. The summed E-state index contributed by atoms with van der Waals surface area (Å²) in [6.07, 6.45) is 22.3. The van der Waals surface area contributed by atoms with E-state index in [0.717, 1.165) is 51.2 Å². The SMILES string of the molecule is Cc1ccc(C2=CC3=NC2=CC2=NC(=CC4=NC(=CC5=NC(=C3)C=C5)C=C4)C=C2)c(C)c1C.